The summed E-state index contributed by atoms with van der Waals surface area (Å²) < 4.78 is 0. The molecule has 0 aromatic heterocycles. The molecule has 2 aliphatic rings. The zero-order chi connectivity index (χ0) is 18.0. The van der Waals surface area contributed by atoms with Gasteiger partial charge in [0.1, 0.15) is 0 Å². The quantitative estimate of drug-likeness (QED) is 0.905. The standard InChI is InChI=1S/C23H32N2O/c1-24-13-15-25(16-14-24)18-22(23(26)11-5-2-6-12-23)21-10-9-19-7-3-4-8-20(19)17-21/h3-4,7-10,17,22,26H,2,5-6,11-16,18H2,1H3. The molecule has 0 radical (unpaired) electrons. The maximum absolute atomic E-state index is 11.6. The molecule has 4 rings (SSSR count). The van der Waals surface area contributed by atoms with Crippen molar-refractivity contribution in [3.05, 3.63) is 48.0 Å². The van der Waals surface area contributed by atoms with Crippen LogP contribution >= 0.6 is 0 Å². The molecular formula is C23H32N2O. The minimum absolute atomic E-state index is 0.204. The minimum atomic E-state index is -0.552. The molecule has 2 aromatic carbocycles. The number of fused-ring (bicyclic) bond motifs is 1. The fourth-order valence-corrected chi connectivity index (χ4v) is 4.81. The molecule has 0 amide bonds. The first-order valence-corrected chi connectivity index (χ1v) is 10.3. The summed E-state index contributed by atoms with van der Waals surface area (Å²) in [6, 6.07) is 15.4. The molecule has 2 fully saturated rings. The van der Waals surface area contributed by atoms with E-state index < -0.39 is 5.60 Å². The van der Waals surface area contributed by atoms with Crippen LogP contribution in [0.2, 0.25) is 0 Å². The first kappa shape index (κ1) is 18.0. The molecule has 3 heteroatoms. The lowest BCUT2D eigenvalue weighted by molar-refractivity contribution is -0.0336. The van der Waals surface area contributed by atoms with Gasteiger partial charge in [0.05, 0.1) is 5.60 Å². The van der Waals surface area contributed by atoms with E-state index >= 15 is 0 Å². The molecular weight excluding hydrogens is 320 g/mol. The highest BCUT2D eigenvalue weighted by atomic mass is 16.3. The van der Waals surface area contributed by atoms with Gasteiger partial charge in [-0.3, -0.25) is 0 Å². The van der Waals surface area contributed by atoms with Gasteiger partial charge in [0.25, 0.3) is 0 Å². The van der Waals surface area contributed by atoms with Crippen LogP contribution in [-0.2, 0) is 0 Å². The van der Waals surface area contributed by atoms with E-state index in [1.807, 2.05) is 0 Å². The molecule has 140 valence electrons. The molecule has 1 unspecified atom stereocenters. The van der Waals surface area contributed by atoms with Crippen molar-refractivity contribution < 1.29 is 5.11 Å². The van der Waals surface area contributed by atoms with Crippen molar-refractivity contribution in [2.75, 3.05) is 39.8 Å². The average molecular weight is 353 g/mol. The average Bonchev–Trinajstić information content (AvgIpc) is 2.67. The zero-order valence-corrected chi connectivity index (χ0v) is 16.0. The van der Waals surface area contributed by atoms with Gasteiger partial charge in [0, 0.05) is 38.6 Å². The molecule has 1 aliphatic heterocycles. The SMILES string of the molecule is CN1CCN(CC(c2ccc3ccccc3c2)C2(O)CCCCC2)CC1. The highest BCUT2D eigenvalue weighted by molar-refractivity contribution is 5.83. The van der Waals surface area contributed by atoms with Gasteiger partial charge in [0.15, 0.2) is 0 Å². The lowest BCUT2D eigenvalue weighted by Crippen LogP contribution is -2.50. The summed E-state index contributed by atoms with van der Waals surface area (Å²) in [4.78, 5) is 4.96. The van der Waals surface area contributed by atoms with Crippen molar-refractivity contribution in [3.8, 4) is 0 Å². The van der Waals surface area contributed by atoms with E-state index in [0.29, 0.717) is 0 Å². The Labute approximate surface area is 157 Å². The lowest BCUT2D eigenvalue weighted by atomic mass is 9.72. The lowest BCUT2D eigenvalue weighted by Gasteiger charge is -2.43. The van der Waals surface area contributed by atoms with Gasteiger partial charge in [0.2, 0.25) is 0 Å². The summed E-state index contributed by atoms with van der Waals surface area (Å²) in [7, 11) is 2.20. The summed E-state index contributed by atoms with van der Waals surface area (Å²) in [5, 5.41) is 14.2. The number of rotatable bonds is 4. The maximum atomic E-state index is 11.6. The molecule has 2 aromatic rings. The van der Waals surface area contributed by atoms with Crippen molar-refractivity contribution >= 4 is 10.8 Å². The second-order valence-corrected chi connectivity index (χ2v) is 8.43. The number of hydrogen-bond acceptors (Lipinski definition) is 3. The monoisotopic (exact) mass is 352 g/mol. The highest BCUT2D eigenvalue weighted by Crippen LogP contribution is 2.41. The van der Waals surface area contributed by atoms with Gasteiger partial charge < -0.3 is 14.9 Å². The van der Waals surface area contributed by atoms with Gasteiger partial charge in [-0.25, -0.2) is 0 Å². The Morgan fingerprint density at radius 3 is 2.35 bits per heavy atom. The summed E-state index contributed by atoms with van der Waals surface area (Å²) in [6.45, 7) is 5.45. The van der Waals surface area contributed by atoms with Gasteiger partial charge in [-0.15, -0.1) is 0 Å². The third-order valence-electron chi connectivity index (χ3n) is 6.58. The zero-order valence-electron chi connectivity index (χ0n) is 16.0. The van der Waals surface area contributed by atoms with Crippen LogP contribution in [0.1, 0.15) is 43.6 Å². The van der Waals surface area contributed by atoms with E-state index in [-0.39, 0.29) is 5.92 Å². The molecule has 1 heterocycles. The van der Waals surface area contributed by atoms with Crippen molar-refractivity contribution in [1.82, 2.24) is 9.80 Å². The predicted octanol–water partition coefficient (Wildman–Crippen LogP) is 3.87. The molecule has 3 nitrogen and oxygen atoms in total. The molecule has 1 atom stereocenters. The molecule has 26 heavy (non-hydrogen) atoms. The molecule has 0 bridgehead atoms. The predicted molar refractivity (Wildman–Crippen MR) is 109 cm³/mol. The number of piperazine rings is 1. The summed E-state index contributed by atoms with van der Waals surface area (Å²) in [6.07, 6.45) is 5.46. The van der Waals surface area contributed by atoms with Crippen LogP contribution < -0.4 is 0 Å². The normalized spacial score (nSPS) is 23.2. The van der Waals surface area contributed by atoms with Gasteiger partial charge >= 0.3 is 0 Å². The Hall–Kier alpha value is -1.42. The van der Waals surface area contributed by atoms with E-state index in [1.54, 1.807) is 0 Å². The van der Waals surface area contributed by atoms with E-state index in [1.165, 1.54) is 22.8 Å². The van der Waals surface area contributed by atoms with E-state index in [2.05, 4.69) is 59.3 Å². The summed E-state index contributed by atoms with van der Waals surface area (Å²) in [5.41, 5.74) is 0.761. The number of hydrogen-bond donors (Lipinski definition) is 1. The Bertz CT molecular complexity index is 730. The van der Waals surface area contributed by atoms with E-state index in [4.69, 9.17) is 0 Å². The molecule has 1 N–H and O–H groups in total. The van der Waals surface area contributed by atoms with Crippen molar-refractivity contribution in [1.29, 1.82) is 0 Å². The number of likely N-dealkylation sites (N-methyl/N-ethyl adjacent to an activating group) is 1. The fourth-order valence-electron chi connectivity index (χ4n) is 4.81. The molecule has 1 saturated heterocycles. The van der Waals surface area contributed by atoms with Gasteiger partial charge in [-0.1, -0.05) is 61.7 Å². The Morgan fingerprint density at radius 1 is 0.923 bits per heavy atom. The van der Waals surface area contributed by atoms with Crippen molar-refractivity contribution in [2.24, 2.45) is 0 Å². The maximum Gasteiger partial charge on any atom is 0.0728 e. The second kappa shape index (κ2) is 7.67. The smallest absolute Gasteiger partial charge is 0.0728 e. The molecule has 1 aliphatic carbocycles. The van der Waals surface area contributed by atoms with Crippen LogP contribution in [-0.4, -0.2) is 60.3 Å². The van der Waals surface area contributed by atoms with Crippen LogP contribution in [0, 0.1) is 0 Å². The van der Waals surface area contributed by atoms with Gasteiger partial charge in [-0.2, -0.15) is 0 Å². The number of nitrogens with zero attached hydrogens (tertiary/aromatic N) is 2. The number of aliphatic hydroxyl groups is 1. The highest BCUT2D eigenvalue weighted by Gasteiger charge is 2.39. The van der Waals surface area contributed by atoms with Crippen LogP contribution in [0.4, 0.5) is 0 Å². The molecule has 1 saturated carbocycles. The van der Waals surface area contributed by atoms with E-state index in [9.17, 15) is 5.11 Å². The fraction of sp³-hybridized carbons (Fsp3) is 0.565. The second-order valence-electron chi connectivity index (χ2n) is 8.43. The van der Waals surface area contributed by atoms with Crippen LogP contribution in [0.25, 0.3) is 10.8 Å². The summed E-state index contributed by atoms with van der Waals surface area (Å²) >= 11 is 0. The van der Waals surface area contributed by atoms with Crippen LogP contribution in [0.5, 0.6) is 0 Å². The third kappa shape index (κ3) is 3.80. The largest absolute Gasteiger partial charge is 0.389 e. The Kier molecular flexibility index (Phi) is 5.30. The van der Waals surface area contributed by atoms with E-state index in [0.717, 1.165) is 58.4 Å². The van der Waals surface area contributed by atoms with Crippen molar-refractivity contribution in [2.45, 2.75) is 43.6 Å². The topological polar surface area (TPSA) is 26.7 Å². The Morgan fingerprint density at radius 2 is 1.62 bits per heavy atom. The number of benzene rings is 2. The first-order valence-electron chi connectivity index (χ1n) is 10.3. The Balaban J connectivity index is 1.64. The first-order chi connectivity index (χ1) is 12.6. The summed E-state index contributed by atoms with van der Waals surface area (Å²) in [5.74, 6) is 0.204. The van der Waals surface area contributed by atoms with Gasteiger partial charge in [-0.05, 0) is 36.2 Å². The molecule has 0 spiro atoms. The third-order valence-corrected chi connectivity index (χ3v) is 6.58. The van der Waals surface area contributed by atoms with Crippen molar-refractivity contribution in [3.63, 3.8) is 0 Å². The van der Waals surface area contributed by atoms with Crippen LogP contribution in [0.15, 0.2) is 42.5 Å². The van der Waals surface area contributed by atoms with Crippen LogP contribution in [0.3, 0.4) is 0 Å². The minimum Gasteiger partial charge on any atom is -0.389 e.